The van der Waals surface area contributed by atoms with E-state index in [0.717, 1.165) is 24.0 Å². The maximum atomic E-state index is 13.3. The standard InChI is InChI=1S/C21H30N2O2/c1-15(2)23-19(24)18-13-9-8-10-16(18)14-21(23,3)20(25)22-17-11-6-4-5-7-12-17/h8-10,13,15,17H,4-7,11-12,14H2,1-3H3,(H,22,25)/t21-/m1/s1. The summed E-state index contributed by atoms with van der Waals surface area (Å²) in [6.45, 7) is 5.90. The van der Waals surface area contributed by atoms with E-state index in [-0.39, 0.29) is 23.9 Å². The first-order valence-corrected chi connectivity index (χ1v) is 9.66. The number of nitrogens with one attached hydrogen (secondary N) is 1. The summed E-state index contributed by atoms with van der Waals surface area (Å²) >= 11 is 0. The van der Waals surface area contributed by atoms with Gasteiger partial charge in [-0.05, 0) is 45.2 Å². The lowest BCUT2D eigenvalue weighted by Gasteiger charge is -2.46. The number of hydrogen-bond acceptors (Lipinski definition) is 2. The number of rotatable bonds is 3. The Morgan fingerprint density at radius 2 is 1.80 bits per heavy atom. The quantitative estimate of drug-likeness (QED) is 0.852. The smallest absolute Gasteiger partial charge is 0.255 e. The summed E-state index contributed by atoms with van der Waals surface area (Å²) in [7, 11) is 0. The number of carbonyl (C=O) groups excluding carboxylic acids is 2. The Balaban J connectivity index is 1.88. The zero-order valence-corrected chi connectivity index (χ0v) is 15.7. The number of amides is 2. The van der Waals surface area contributed by atoms with E-state index in [1.54, 1.807) is 4.90 Å². The monoisotopic (exact) mass is 342 g/mol. The number of carbonyl (C=O) groups is 2. The second kappa shape index (κ2) is 7.19. The van der Waals surface area contributed by atoms with E-state index in [1.807, 2.05) is 45.0 Å². The second-order valence-electron chi connectivity index (χ2n) is 8.04. The molecule has 2 aliphatic rings. The maximum Gasteiger partial charge on any atom is 0.255 e. The first-order valence-electron chi connectivity index (χ1n) is 9.66. The van der Waals surface area contributed by atoms with Crippen molar-refractivity contribution in [2.45, 2.75) is 83.3 Å². The minimum atomic E-state index is -0.827. The molecule has 136 valence electrons. The molecular formula is C21H30N2O2. The Labute approximate surface area is 151 Å². The van der Waals surface area contributed by atoms with Crippen LogP contribution in [0.3, 0.4) is 0 Å². The van der Waals surface area contributed by atoms with Gasteiger partial charge in [0.05, 0.1) is 0 Å². The fraction of sp³-hybridized carbons (Fsp3) is 0.619. The summed E-state index contributed by atoms with van der Waals surface area (Å²) < 4.78 is 0. The molecule has 3 rings (SSSR count). The third-order valence-corrected chi connectivity index (χ3v) is 5.73. The van der Waals surface area contributed by atoms with Crippen molar-refractivity contribution < 1.29 is 9.59 Å². The molecule has 2 amide bonds. The van der Waals surface area contributed by atoms with Gasteiger partial charge in [0.25, 0.3) is 5.91 Å². The molecule has 0 bridgehead atoms. The van der Waals surface area contributed by atoms with E-state index < -0.39 is 5.54 Å². The van der Waals surface area contributed by atoms with Gasteiger partial charge in [-0.3, -0.25) is 9.59 Å². The first-order chi connectivity index (χ1) is 11.9. The normalized spacial score (nSPS) is 24.8. The molecule has 4 heteroatoms. The molecule has 4 nitrogen and oxygen atoms in total. The summed E-state index contributed by atoms with van der Waals surface area (Å²) in [6, 6.07) is 7.90. The molecule has 1 atom stereocenters. The molecule has 1 aliphatic carbocycles. The van der Waals surface area contributed by atoms with Crippen molar-refractivity contribution in [3.8, 4) is 0 Å². The molecule has 0 saturated heterocycles. The molecule has 1 saturated carbocycles. The lowest BCUT2D eigenvalue weighted by Crippen LogP contribution is -2.65. The van der Waals surface area contributed by atoms with E-state index in [9.17, 15) is 9.59 Å². The van der Waals surface area contributed by atoms with Crippen LogP contribution in [0.1, 0.15) is 75.2 Å². The highest BCUT2D eigenvalue weighted by Gasteiger charge is 2.48. The van der Waals surface area contributed by atoms with Crippen LogP contribution >= 0.6 is 0 Å². The van der Waals surface area contributed by atoms with E-state index in [1.165, 1.54) is 25.7 Å². The third-order valence-electron chi connectivity index (χ3n) is 5.73. The Hall–Kier alpha value is -1.84. The summed E-state index contributed by atoms with van der Waals surface area (Å²) in [4.78, 5) is 28.1. The van der Waals surface area contributed by atoms with Crippen LogP contribution in [0.4, 0.5) is 0 Å². The van der Waals surface area contributed by atoms with Gasteiger partial charge in [0.15, 0.2) is 0 Å². The van der Waals surface area contributed by atoms with Gasteiger partial charge >= 0.3 is 0 Å². The van der Waals surface area contributed by atoms with Crippen molar-refractivity contribution in [1.29, 1.82) is 0 Å². The molecule has 0 spiro atoms. The van der Waals surface area contributed by atoms with Crippen LogP contribution < -0.4 is 5.32 Å². The van der Waals surface area contributed by atoms with Crippen LogP contribution in [0.5, 0.6) is 0 Å². The second-order valence-corrected chi connectivity index (χ2v) is 8.04. The Bertz CT molecular complexity index is 647. The lowest BCUT2D eigenvalue weighted by atomic mass is 9.81. The van der Waals surface area contributed by atoms with Gasteiger partial charge in [0, 0.05) is 24.1 Å². The SMILES string of the molecule is CC(C)N1C(=O)c2ccccc2C[C@]1(C)C(=O)NC1CCCCCC1. The van der Waals surface area contributed by atoms with E-state index in [0.29, 0.717) is 6.42 Å². The highest BCUT2D eigenvalue weighted by molar-refractivity contribution is 6.02. The molecule has 0 aromatic heterocycles. The number of fused-ring (bicyclic) bond motifs is 1. The van der Waals surface area contributed by atoms with Crippen molar-refractivity contribution in [1.82, 2.24) is 10.2 Å². The summed E-state index contributed by atoms with van der Waals surface area (Å²) in [5.41, 5.74) is 0.880. The van der Waals surface area contributed by atoms with Gasteiger partial charge in [-0.25, -0.2) is 0 Å². The van der Waals surface area contributed by atoms with Gasteiger partial charge in [-0.1, -0.05) is 43.9 Å². The molecule has 1 N–H and O–H groups in total. The minimum Gasteiger partial charge on any atom is -0.351 e. The zero-order valence-electron chi connectivity index (χ0n) is 15.7. The summed E-state index contributed by atoms with van der Waals surface area (Å²) in [5, 5.41) is 3.27. The molecular weight excluding hydrogens is 312 g/mol. The van der Waals surface area contributed by atoms with E-state index in [4.69, 9.17) is 0 Å². The fourth-order valence-electron chi connectivity index (χ4n) is 4.45. The Morgan fingerprint density at radius 1 is 1.16 bits per heavy atom. The number of nitrogens with zero attached hydrogens (tertiary/aromatic N) is 1. The van der Waals surface area contributed by atoms with Gasteiger partial charge in [-0.15, -0.1) is 0 Å². The molecule has 0 radical (unpaired) electrons. The van der Waals surface area contributed by atoms with Crippen LogP contribution in [0.15, 0.2) is 24.3 Å². The third kappa shape index (κ3) is 3.44. The molecule has 1 aliphatic heterocycles. The summed E-state index contributed by atoms with van der Waals surface area (Å²) in [5.74, 6) is -0.0358. The van der Waals surface area contributed by atoms with Gasteiger partial charge in [0.2, 0.25) is 5.91 Å². The van der Waals surface area contributed by atoms with Crippen molar-refractivity contribution in [3.05, 3.63) is 35.4 Å². The van der Waals surface area contributed by atoms with Crippen molar-refractivity contribution in [2.24, 2.45) is 0 Å². The van der Waals surface area contributed by atoms with E-state index in [2.05, 4.69) is 5.32 Å². The maximum absolute atomic E-state index is 13.3. The number of benzene rings is 1. The number of hydrogen-bond donors (Lipinski definition) is 1. The zero-order chi connectivity index (χ0) is 18.0. The fourth-order valence-corrected chi connectivity index (χ4v) is 4.45. The van der Waals surface area contributed by atoms with Crippen molar-refractivity contribution >= 4 is 11.8 Å². The van der Waals surface area contributed by atoms with Crippen LogP contribution in [0.25, 0.3) is 0 Å². The molecule has 1 aromatic carbocycles. The molecule has 25 heavy (non-hydrogen) atoms. The molecule has 0 unspecified atom stereocenters. The van der Waals surface area contributed by atoms with Gasteiger partial charge in [0.1, 0.15) is 5.54 Å². The molecule has 1 fully saturated rings. The largest absolute Gasteiger partial charge is 0.351 e. The van der Waals surface area contributed by atoms with Crippen molar-refractivity contribution in [3.63, 3.8) is 0 Å². The lowest BCUT2D eigenvalue weighted by molar-refractivity contribution is -0.133. The first kappa shape index (κ1) is 18.0. The molecule has 1 aromatic rings. The minimum absolute atomic E-state index is 0.00375. The van der Waals surface area contributed by atoms with Crippen molar-refractivity contribution in [2.75, 3.05) is 0 Å². The van der Waals surface area contributed by atoms with Gasteiger partial charge < -0.3 is 10.2 Å². The highest BCUT2D eigenvalue weighted by Crippen LogP contribution is 2.33. The highest BCUT2D eigenvalue weighted by atomic mass is 16.2. The summed E-state index contributed by atoms with van der Waals surface area (Å²) in [6.07, 6.45) is 7.55. The predicted molar refractivity (Wildman–Crippen MR) is 99.5 cm³/mol. The van der Waals surface area contributed by atoms with E-state index >= 15 is 0 Å². The Morgan fingerprint density at radius 3 is 2.44 bits per heavy atom. The predicted octanol–water partition coefficient (Wildman–Crippen LogP) is 3.69. The average molecular weight is 342 g/mol. The topological polar surface area (TPSA) is 49.4 Å². The Kier molecular flexibility index (Phi) is 5.16. The van der Waals surface area contributed by atoms with Crippen LogP contribution in [0.2, 0.25) is 0 Å². The average Bonchev–Trinajstić information content (AvgIpc) is 2.83. The van der Waals surface area contributed by atoms with Crippen LogP contribution in [-0.4, -0.2) is 34.3 Å². The van der Waals surface area contributed by atoms with Crippen LogP contribution in [-0.2, 0) is 11.2 Å². The molecule has 1 heterocycles. The van der Waals surface area contributed by atoms with Crippen LogP contribution in [0, 0.1) is 0 Å². The van der Waals surface area contributed by atoms with Gasteiger partial charge in [-0.2, -0.15) is 0 Å².